The molecule has 138 valence electrons. The fourth-order valence-electron chi connectivity index (χ4n) is 2.76. The summed E-state index contributed by atoms with van der Waals surface area (Å²) in [5.41, 5.74) is 3.51. The second-order valence-electron chi connectivity index (χ2n) is 6.38. The van der Waals surface area contributed by atoms with Crippen LogP contribution in [-0.2, 0) is 13.0 Å². The van der Waals surface area contributed by atoms with Crippen LogP contribution in [0.2, 0.25) is 0 Å². The van der Waals surface area contributed by atoms with Crippen LogP contribution in [0.15, 0.2) is 72.9 Å². The van der Waals surface area contributed by atoms with Crippen molar-refractivity contribution in [3.8, 4) is 0 Å². The van der Waals surface area contributed by atoms with Crippen LogP contribution in [-0.4, -0.2) is 24.5 Å². The van der Waals surface area contributed by atoms with Gasteiger partial charge in [-0.1, -0.05) is 42.5 Å². The van der Waals surface area contributed by atoms with E-state index >= 15 is 0 Å². The monoisotopic (exact) mass is 363 g/mol. The maximum atomic E-state index is 12.9. The smallest absolute Gasteiger partial charge is 0.269 e. The average Bonchev–Trinajstić information content (AvgIpc) is 2.70. The number of hydrogen-bond donors (Lipinski definition) is 1. The molecule has 5 heteroatoms. The highest BCUT2D eigenvalue weighted by Crippen LogP contribution is 2.14. The molecule has 0 radical (unpaired) electrons. The van der Waals surface area contributed by atoms with E-state index in [2.05, 4.69) is 27.3 Å². The summed E-state index contributed by atoms with van der Waals surface area (Å²) in [6.07, 6.45) is 2.35. The van der Waals surface area contributed by atoms with Crippen LogP contribution in [0.3, 0.4) is 0 Å². The molecular formula is C22H22FN3O. The zero-order valence-electron chi connectivity index (χ0n) is 15.2. The zero-order chi connectivity index (χ0) is 19.1. The number of amides is 1. The number of benzene rings is 2. The van der Waals surface area contributed by atoms with Crippen molar-refractivity contribution in [2.45, 2.75) is 13.0 Å². The molecule has 0 aliphatic heterocycles. The summed E-state index contributed by atoms with van der Waals surface area (Å²) in [4.78, 5) is 18.6. The highest BCUT2D eigenvalue weighted by Gasteiger charge is 2.08. The van der Waals surface area contributed by atoms with Crippen molar-refractivity contribution in [1.82, 2.24) is 10.3 Å². The third-order valence-electron chi connectivity index (χ3n) is 4.30. The molecule has 3 aromatic rings. The minimum absolute atomic E-state index is 0.214. The first-order chi connectivity index (χ1) is 13.1. The lowest BCUT2D eigenvalue weighted by atomic mass is 10.1. The molecule has 1 aromatic heterocycles. The Morgan fingerprint density at radius 1 is 1.00 bits per heavy atom. The number of hydrogen-bond acceptors (Lipinski definition) is 3. The minimum Gasteiger partial charge on any atom is -0.369 e. The van der Waals surface area contributed by atoms with Gasteiger partial charge < -0.3 is 10.2 Å². The number of halogens is 1. The molecule has 1 heterocycles. The molecule has 0 fully saturated rings. The molecule has 27 heavy (non-hydrogen) atoms. The van der Waals surface area contributed by atoms with Crippen LogP contribution < -0.4 is 10.2 Å². The number of nitrogens with one attached hydrogen (secondary N) is 1. The van der Waals surface area contributed by atoms with Crippen LogP contribution in [0.25, 0.3) is 0 Å². The van der Waals surface area contributed by atoms with Gasteiger partial charge in [0, 0.05) is 20.1 Å². The number of aromatic nitrogens is 1. The first-order valence-corrected chi connectivity index (χ1v) is 8.85. The van der Waals surface area contributed by atoms with E-state index in [-0.39, 0.29) is 11.7 Å². The van der Waals surface area contributed by atoms with Gasteiger partial charge in [-0.25, -0.2) is 9.37 Å². The van der Waals surface area contributed by atoms with Gasteiger partial charge in [-0.05, 0) is 41.8 Å². The van der Waals surface area contributed by atoms with Crippen molar-refractivity contribution in [2.75, 3.05) is 18.5 Å². The predicted octanol–water partition coefficient (Wildman–Crippen LogP) is 3.83. The van der Waals surface area contributed by atoms with Crippen LogP contribution in [0.4, 0.5) is 10.1 Å². The van der Waals surface area contributed by atoms with Crippen LogP contribution in [0.5, 0.6) is 0 Å². The Hall–Kier alpha value is -3.21. The van der Waals surface area contributed by atoms with Gasteiger partial charge in [0.2, 0.25) is 0 Å². The molecule has 0 aliphatic rings. The van der Waals surface area contributed by atoms with E-state index in [1.54, 1.807) is 24.4 Å². The van der Waals surface area contributed by atoms with Crippen molar-refractivity contribution in [1.29, 1.82) is 0 Å². The maximum absolute atomic E-state index is 12.9. The van der Waals surface area contributed by atoms with Gasteiger partial charge in [0.25, 0.3) is 5.91 Å². The molecule has 1 amide bonds. The number of rotatable bonds is 7. The standard InChI is InChI=1S/C22H22FN3O/c1-26(16-18-5-3-2-4-6-18)20-11-12-21(25-15-20)22(27)24-14-13-17-7-9-19(23)10-8-17/h2-12,15H,13-14,16H2,1H3,(H,24,27). The Morgan fingerprint density at radius 3 is 2.41 bits per heavy atom. The summed E-state index contributed by atoms with van der Waals surface area (Å²) in [6, 6.07) is 20.1. The number of nitrogens with zero attached hydrogens (tertiary/aromatic N) is 2. The van der Waals surface area contributed by atoms with E-state index in [1.807, 2.05) is 31.3 Å². The number of carbonyl (C=O) groups is 1. The molecule has 2 aromatic carbocycles. The first-order valence-electron chi connectivity index (χ1n) is 8.85. The van der Waals surface area contributed by atoms with E-state index < -0.39 is 0 Å². The quantitative estimate of drug-likeness (QED) is 0.694. The van der Waals surface area contributed by atoms with E-state index in [4.69, 9.17) is 0 Å². The lowest BCUT2D eigenvalue weighted by Crippen LogP contribution is -2.26. The lowest BCUT2D eigenvalue weighted by Gasteiger charge is -2.19. The average molecular weight is 363 g/mol. The Balaban J connectivity index is 1.51. The van der Waals surface area contributed by atoms with Gasteiger partial charge in [-0.15, -0.1) is 0 Å². The zero-order valence-corrected chi connectivity index (χ0v) is 15.2. The summed E-state index contributed by atoms with van der Waals surface area (Å²) in [6.45, 7) is 1.24. The third-order valence-corrected chi connectivity index (χ3v) is 4.30. The summed E-state index contributed by atoms with van der Waals surface area (Å²) in [5, 5.41) is 2.84. The van der Waals surface area contributed by atoms with Crippen LogP contribution >= 0.6 is 0 Å². The molecule has 0 saturated heterocycles. The van der Waals surface area contributed by atoms with Crippen molar-refractivity contribution in [3.05, 3.63) is 95.6 Å². The Morgan fingerprint density at radius 2 is 1.74 bits per heavy atom. The summed E-state index contributed by atoms with van der Waals surface area (Å²) in [5.74, 6) is -0.473. The molecule has 4 nitrogen and oxygen atoms in total. The Labute approximate surface area is 158 Å². The van der Waals surface area contributed by atoms with Gasteiger partial charge in [0.05, 0.1) is 11.9 Å². The number of carbonyl (C=O) groups excluding carboxylic acids is 1. The van der Waals surface area contributed by atoms with E-state index in [0.29, 0.717) is 18.7 Å². The third kappa shape index (κ3) is 5.38. The van der Waals surface area contributed by atoms with Crippen LogP contribution in [0, 0.1) is 5.82 Å². The van der Waals surface area contributed by atoms with Crippen molar-refractivity contribution in [2.24, 2.45) is 0 Å². The Bertz CT molecular complexity index is 864. The molecular weight excluding hydrogens is 341 g/mol. The molecule has 0 saturated carbocycles. The molecule has 0 atom stereocenters. The van der Waals surface area contributed by atoms with E-state index in [9.17, 15) is 9.18 Å². The van der Waals surface area contributed by atoms with Crippen LogP contribution in [0.1, 0.15) is 21.6 Å². The molecule has 0 bridgehead atoms. The molecule has 0 spiro atoms. The van der Waals surface area contributed by atoms with E-state index in [1.165, 1.54) is 17.7 Å². The fraction of sp³-hybridized carbons (Fsp3) is 0.182. The predicted molar refractivity (Wildman–Crippen MR) is 105 cm³/mol. The second kappa shape index (κ2) is 8.94. The highest BCUT2D eigenvalue weighted by atomic mass is 19.1. The normalized spacial score (nSPS) is 10.4. The van der Waals surface area contributed by atoms with Gasteiger partial charge in [0.15, 0.2) is 0 Å². The molecule has 1 N–H and O–H groups in total. The van der Waals surface area contributed by atoms with Crippen molar-refractivity contribution in [3.63, 3.8) is 0 Å². The van der Waals surface area contributed by atoms with Crippen molar-refractivity contribution < 1.29 is 9.18 Å². The van der Waals surface area contributed by atoms with Gasteiger partial charge in [0.1, 0.15) is 11.5 Å². The number of anilines is 1. The highest BCUT2D eigenvalue weighted by molar-refractivity contribution is 5.92. The summed E-state index contributed by atoms with van der Waals surface area (Å²) >= 11 is 0. The number of pyridine rings is 1. The summed E-state index contributed by atoms with van der Waals surface area (Å²) < 4.78 is 12.9. The largest absolute Gasteiger partial charge is 0.369 e. The van der Waals surface area contributed by atoms with E-state index in [0.717, 1.165) is 17.8 Å². The van der Waals surface area contributed by atoms with Crippen molar-refractivity contribution >= 4 is 11.6 Å². The second-order valence-corrected chi connectivity index (χ2v) is 6.38. The topological polar surface area (TPSA) is 45.2 Å². The fourth-order valence-corrected chi connectivity index (χ4v) is 2.76. The van der Waals surface area contributed by atoms with Gasteiger partial charge in [-0.3, -0.25) is 4.79 Å². The molecule has 0 unspecified atom stereocenters. The first kappa shape index (κ1) is 18.6. The summed E-state index contributed by atoms with van der Waals surface area (Å²) in [7, 11) is 1.99. The lowest BCUT2D eigenvalue weighted by molar-refractivity contribution is 0.0949. The van der Waals surface area contributed by atoms with Gasteiger partial charge in [-0.2, -0.15) is 0 Å². The minimum atomic E-state index is -0.260. The SMILES string of the molecule is CN(Cc1ccccc1)c1ccc(C(=O)NCCc2ccc(F)cc2)nc1. The molecule has 0 aliphatic carbocycles. The maximum Gasteiger partial charge on any atom is 0.269 e. The Kier molecular flexibility index (Phi) is 6.15. The van der Waals surface area contributed by atoms with Gasteiger partial charge >= 0.3 is 0 Å². The molecule has 3 rings (SSSR count).